The van der Waals surface area contributed by atoms with Crippen LogP contribution in [0.25, 0.3) is 0 Å². The number of hydrogen-bond acceptors (Lipinski definition) is 4. The number of hydrogen-bond donors (Lipinski definition) is 0. The molecule has 1 aliphatic heterocycles. The van der Waals surface area contributed by atoms with Crippen molar-refractivity contribution >= 4 is 23.1 Å². The van der Waals surface area contributed by atoms with E-state index in [4.69, 9.17) is 13.7 Å². The minimum Gasteiger partial charge on any atom is -0.424 e. The van der Waals surface area contributed by atoms with Gasteiger partial charge in [0, 0.05) is 5.56 Å². The van der Waals surface area contributed by atoms with Crippen molar-refractivity contribution in [3.05, 3.63) is 23.8 Å². The van der Waals surface area contributed by atoms with Gasteiger partial charge in [-0.3, -0.25) is 0 Å². The van der Waals surface area contributed by atoms with E-state index in [1.807, 2.05) is 27.7 Å². The number of rotatable bonds is 4. The molecule has 0 radical (unpaired) electrons. The Balaban J connectivity index is 2.30. The van der Waals surface area contributed by atoms with Crippen molar-refractivity contribution in [1.29, 1.82) is 0 Å². The molecule has 9 heteroatoms. The van der Waals surface area contributed by atoms with Crippen LogP contribution in [0.4, 0.5) is 13.2 Å². The molecule has 1 aromatic carbocycles. The van der Waals surface area contributed by atoms with E-state index >= 15 is 0 Å². The molecule has 1 fully saturated rings. The van der Waals surface area contributed by atoms with Crippen molar-refractivity contribution in [1.82, 2.24) is 0 Å². The average Bonchev–Trinajstić information content (AvgIpc) is 2.59. The van der Waals surface area contributed by atoms with E-state index < -0.39 is 24.7 Å². The van der Waals surface area contributed by atoms with E-state index in [9.17, 15) is 13.2 Å². The molecule has 0 bridgehead atoms. The highest BCUT2D eigenvalue weighted by Crippen LogP contribution is 2.37. The zero-order chi connectivity index (χ0) is 17.5. The minimum atomic E-state index is -4.74. The summed E-state index contributed by atoms with van der Waals surface area (Å²) in [6.07, 6.45) is -4.74. The fourth-order valence-corrected chi connectivity index (χ4v) is 2.53. The van der Waals surface area contributed by atoms with Crippen LogP contribution < -0.4 is 10.2 Å². The summed E-state index contributed by atoms with van der Waals surface area (Å²) in [4.78, 5) is 0. The van der Waals surface area contributed by atoms with Crippen LogP contribution in [-0.4, -0.2) is 35.2 Å². The fourth-order valence-electron chi connectivity index (χ4n) is 2.22. The van der Waals surface area contributed by atoms with Crippen molar-refractivity contribution in [3.8, 4) is 5.75 Å². The molecule has 23 heavy (non-hydrogen) atoms. The maximum atomic E-state index is 12.5. The van der Waals surface area contributed by atoms with Gasteiger partial charge in [-0.05, 0) is 39.2 Å². The third-order valence-corrected chi connectivity index (χ3v) is 4.42. The molecule has 0 atom stereocenters. The molecule has 128 valence electrons. The van der Waals surface area contributed by atoms with E-state index in [1.165, 1.54) is 12.1 Å². The van der Waals surface area contributed by atoms with Crippen molar-refractivity contribution < 1.29 is 31.6 Å². The summed E-state index contributed by atoms with van der Waals surface area (Å²) < 4.78 is 58.3. The summed E-state index contributed by atoms with van der Waals surface area (Å²) in [6.45, 7) is 7.70. The van der Waals surface area contributed by atoms with Crippen molar-refractivity contribution in [2.75, 3.05) is 0 Å². The molecular weight excluding hydrogens is 328 g/mol. The molecule has 1 aromatic rings. The van der Waals surface area contributed by atoms with Crippen LogP contribution in [0.5, 0.6) is 5.75 Å². The second-order valence-corrected chi connectivity index (χ2v) is 7.01. The second kappa shape index (κ2) is 6.12. The van der Waals surface area contributed by atoms with Gasteiger partial charge in [-0.25, -0.2) is 0 Å². The molecule has 1 heterocycles. The van der Waals surface area contributed by atoms with Crippen LogP contribution in [0.2, 0.25) is 0 Å². The van der Waals surface area contributed by atoms with Gasteiger partial charge in [-0.15, -0.1) is 13.2 Å². The van der Waals surface area contributed by atoms with Crippen LogP contribution in [0, 0.1) is 0 Å². The molecule has 0 aromatic heterocycles. The lowest BCUT2D eigenvalue weighted by Gasteiger charge is -2.32. The molecule has 1 aliphatic rings. The van der Waals surface area contributed by atoms with Gasteiger partial charge >= 0.3 is 13.5 Å². The molecule has 0 amide bonds. The lowest BCUT2D eigenvalue weighted by atomic mass is 9.78. The van der Waals surface area contributed by atoms with E-state index in [1.54, 1.807) is 6.07 Å². The molecule has 2 rings (SSSR count). The summed E-state index contributed by atoms with van der Waals surface area (Å²) in [6, 6.07) is 4.35. The Morgan fingerprint density at radius 1 is 1.13 bits per heavy atom. The van der Waals surface area contributed by atoms with Crippen LogP contribution in [0.1, 0.15) is 33.3 Å². The molecule has 0 aliphatic carbocycles. The first-order valence-corrected chi connectivity index (χ1v) is 8.00. The predicted molar refractivity (Wildman–Crippen MR) is 83.6 cm³/mol. The molecule has 0 unspecified atom stereocenters. The maximum Gasteiger partial charge on any atom is 0.573 e. The summed E-state index contributed by atoms with van der Waals surface area (Å²) in [5.74, 6) is -0.270. The number of halogens is 3. The van der Waals surface area contributed by atoms with Gasteiger partial charge in [0.25, 0.3) is 0 Å². The van der Waals surface area contributed by atoms with Gasteiger partial charge in [0.1, 0.15) is 16.2 Å². The van der Waals surface area contributed by atoms with Crippen LogP contribution in [-0.2, 0) is 20.3 Å². The van der Waals surface area contributed by atoms with Gasteiger partial charge in [0.05, 0.1) is 17.8 Å². The maximum absolute atomic E-state index is 12.5. The van der Waals surface area contributed by atoms with Crippen LogP contribution in [0.3, 0.4) is 0 Å². The fraction of sp³-hybridized carbons (Fsp3) is 0.571. The molecule has 0 saturated carbocycles. The number of benzene rings is 1. The Bertz CT molecular complexity index is 562. The molecule has 4 nitrogen and oxygen atoms in total. The Morgan fingerprint density at radius 3 is 2.17 bits per heavy atom. The summed E-state index contributed by atoms with van der Waals surface area (Å²) >= 11 is 0. The SMILES string of the molecule is CC1(C)OB(c2ccc(OC(F)(F)F)c(CO[SiH3])c2)OC1(C)C. The number of ether oxygens (including phenoxy) is 1. The zero-order valence-corrected chi connectivity index (χ0v) is 15.8. The summed E-state index contributed by atoms with van der Waals surface area (Å²) in [5, 5.41) is 0. The average molecular weight is 348 g/mol. The van der Waals surface area contributed by atoms with E-state index in [0.717, 1.165) is 0 Å². The Labute approximate surface area is 136 Å². The van der Waals surface area contributed by atoms with Gasteiger partial charge in [0.15, 0.2) is 0 Å². The quantitative estimate of drug-likeness (QED) is 0.776. The lowest BCUT2D eigenvalue weighted by molar-refractivity contribution is -0.275. The summed E-state index contributed by atoms with van der Waals surface area (Å²) in [5.41, 5.74) is -0.100. The minimum absolute atomic E-state index is 0.0466. The highest BCUT2D eigenvalue weighted by atomic mass is 28.2. The second-order valence-electron chi connectivity index (χ2n) is 6.44. The van der Waals surface area contributed by atoms with Crippen molar-refractivity contribution in [2.45, 2.75) is 51.9 Å². The highest BCUT2D eigenvalue weighted by Gasteiger charge is 2.51. The third kappa shape index (κ3) is 4.09. The number of alkyl halides is 3. The zero-order valence-electron chi connectivity index (χ0n) is 13.8. The first-order valence-electron chi connectivity index (χ1n) is 7.18. The molecular formula is C14H20BF3O4Si. The van der Waals surface area contributed by atoms with E-state index in [-0.39, 0.29) is 12.4 Å². The largest absolute Gasteiger partial charge is 0.573 e. The molecule has 0 spiro atoms. The Morgan fingerprint density at radius 2 is 1.70 bits per heavy atom. The topological polar surface area (TPSA) is 36.9 Å². The van der Waals surface area contributed by atoms with Crippen molar-refractivity contribution in [2.24, 2.45) is 0 Å². The first kappa shape index (κ1) is 18.3. The van der Waals surface area contributed by atoms with Gasteiger partial charge in [0.2, 0.25) is 0 Å². The smallest absolute Gasteiger partial charge is 0.424 e. The van der Waals surface area contributed by atoms with Crippen LogP contribution >= 0.6 is 0 Å². The van der Waals surface area contributed by atoms with Gasteiger partial charge < -0.3 is 18.5 Å². The van der Waals surface area contributed by atoms with Crippen LogP contribution in [0.15, 0.2) is 18.2 Å². The van der Waals surface area contributed by atoms with E-state index in [0.29, 0.717) is 21.5 Å². The van der Waals surface area contributed by atoms with E-state index in [2.05, 4.69) is 4.74 Å². The standard InChI is InChI=1S/C14H20BF3O4Si/c1-12(2)13(3,4)22-15(21-12)10-5-6-11(20-14(16,17)18)9(7-10)8-19-23/h5-7H,8H2,1-4,23H3. The first-order chi connectivity index (χ1) is 10.5. The molecule has 0 N–H and O–H groups in total. The van der Waals surface area contributed by atoms with Crippen molar-refractivity contribution in [3.63, 3.8) is 0 Å². The van der Waals surface area contributed by atoms with Gasteiger partial charge in [-0.2, -0.15) is 0 Å². The highest BCUT2D eigenvalue weighted by molar-refractivity contribution is 6.62. The Hall–Kier alpha value is -1.03. The Kier molecular flexibility index (Phi) is 4.87. The summed E-state index contributed by atoms with van der Waals surface area (Å²) in [7, 11) is -0.239. The third-order valence-electron chi connectivity index (χ3n) is 4.14. The molecule has 1 saturated heterocycles. The normalized spacial score (nSPS) is 20.0. The lowest BCUT2D eigenvalue weighted by Crippen LogP contribution is -2.41. The predicted octanol–water partition coefficient (Wildman–Crippen LogP) is 1.68. The monoisotopic (exact) mass is 348 g/mol. The van der Waals surface area contributed by atoms with Gasteiger partial charge in [-0.1, -0.05) is 12.1 Å².